The number of hydrogen-bond acceptors (Lipinski definition) is 3. The fourth-order valence-corrected chi connectivity index (χ4v) is 3.21. The molecule has 0 fully saturated rings. The van der Waals surface area contributed by atoms with E-state index in [0.29, 0.717) is 16.4 Å². The second-order valence-corrected chi connectivity index (χ2v) is 6.68. The third-order valence-electron chi connectivity index (χ3n) is 4.38. The second-order valence-electron chi connectivity index (χ2n) is 6.24. The Labute approximate surface area is 163 Å². The van der Waals surface area contributed by atoms with E-state index in [2.05, 4.69) is 10.3 Å². The lowest BCUT2D eigenvalue weighted by atomic mass is 10.2. The first-order valence-corrected chi connectivity index (χ1v) is 8.80. The Morgan fingerprint density at radius 1 is 1.04 bits per heavy atom. The predicted molar refractivity (Wildman–Crippen MR) is 109 cm³/mol. The van der Waals surface area contributed by atoms with Gasteiger partial charge in [0.2, 0.25) is 0 Å². The average Bonchev–Trinajstić information content (AvgIpc) is 3.00. The summed E-state index contributed by atoms with van der Waals surface area (Å²) < 4.78 is 2.54. The summed E-state index contributed by atoms with van der Waals surface area (Å²) in [6.45, 7) is 0. The molecule has 4 aromatic rings. The molecule has 140 valence electrons. The Morgan fingerprint density at radius 2 is 1.71 bits per heavy atom. The van der Waals surface area contributed by atoms with Crippen LogP contribution in [0, 0.1) is 0 Å². The van der Waals surface area contributed by atoms with Crippen LogP contribution in [0.2, 0.25) is 5.02 Å². The van der Waals surface area contributed by atoms with E-state index in [4.69, 9.17) is 11.6 Å². The molecule has 0 bridgehead atoms. The van der Waals surface area contributed by atoms with Crippen LogP contribution in [-0.4, -0.2) is 20.0 Å². The number of nitrogens with zero attached hydrogens (tertiary/aromatic N) is 2. The maximum absolute atomic E-state index is 13.0. The fraction of sp³-hybridized carbons (Fsp3) is 0.0500. The Kier molecular flexibility index (Phi) is 4.37. The van der Waals surface area contributed by atoms with Crippen LogP contribution in [-0.2, 0) is 7.05 Å². The Balaban J connectivity index is 1.86. The number of H-pyrrole nitrogens is 1. The summed E-state index contributed by atoms with van der Waals surface area (Å²) in [7, 11) is 1.65. The smallest absolute Gasteiger partial charge is 0.333 e. The number of halogens is 1. The minimum atomic E-state index is -0.639. The monoisotopic (exact) mass is 394 g/mol. The van der Waals surface area contributed by atoms with E-state index < -0.39 is 17.2 Å². The molecule has 0 spiro atoms. The summed E-state index contributed by atoms with van der Waals surface area (Å²) in [5.41, 5.74) is 0.445. The van der Waals surface area contributed by atoms with Gasteiger partial charge in [0.25, 0.3) is 11.5 Å². The van der Waals surface area contributed by atoms with Crippen LogP contribution >= 0.6 is 11.6 Å². The van der Waals surface area contributed by atoms with Crippen LogP contribution in [0.15, 0.2) is 70.4 Å². The second kappa shape index (κ2) is 6.86. The molecule has 0 aliphatic rings. The molecule has 0 saturated heterocycles. The highest BCUT2D eigenvalue weighted by Gasteiger charge is 2.20. The minimum absolute atomic E-state index is 0.191. The van der Waals surface area contributed by atoms with E-state index in [1.807, 2.05) is 6.07 Å². The molecule has 2 aromatic carbocycles. The van der Waals surface area contributed by atoms with Gasteiger partial charge in [-0.05, 0) is 36.4 Å². The molecule has 4 rings (SSSR count). The number of fused-ring (bicyclic) bond motifs is 1. The van der Waals surface area contributed by atoms with Gasteiger partial charge in [-0.2, -0.15) is 0 Å². The molecule has 2 aromatic heterocycles. The highest BCUT2D eigenvalue weighted by molar-refractivity contribution is 6.30. The average molecular weight is 395 g/mol. The standard InChI is InChI=1S/C20H15ClN4O3/c1-24-11-15(18(26)22-13-5-3-2-4-6-13)16-17(24)19(27)25(20(28)23-16)14-9-7-12(21)8-10-14/h2-11H,1H3,(H,22,26)(H,23,28). The summed E-state index contributed by atoms with van der Waals surface area (Å²) in [5.74, 6) is -0.420. The van der Waals surface area contributed by atoms with Gasteiger partial charge in [-0.25, -0.2) is 9.36 Å². The molecule has 0 atom stereocenters. The SMILES string of the molecule is Cn1cc(C(=O)Nc2ccccc2)c2[nH]c(=O)n(-c3ccc(Cl)cc3)c(=O)c21. The molecular weight excluding hydrogens is 380 g/mol. The van der Waals surface area contributed by atoms with E-state index in [1.54, 1.807) is 55.6 Å². The number of para-hydroxylation sites is 1. The van der Waals surface area contributed by atoms with Crippen molar-refractivity contribution >= 4 is 34.2 Å². The molecule has 0 aliphatic carbocycles. The number of anilines is 1. The largest absolute Gasteiger partial charge is 0.344 e. The molecule has 1 amide bonds. The lowest BCUT2D eigenvalue weighted by Gasteiger charge is -2.06. The number of nitrogens with one attached hydrogen (secondary N) is 2. The van der Waals surface area contributed by atoms with Crippen LogP contribution < -0.4 is 16.6 Å². The van der Waals surface area contributed by atoms with Crippen molar-refractivity contribution in [2.24, 2.45) is 7.05 Å². The number of hydrogen-bond donors (Lipinski definition) is 2. The van der Waals surface area contributed by atoms with E-state index in [1.165, 1.54) is 10.8 Å². The Bertz CT molecular complexity index is 1300. The summed E-state index contributed by atoms with van der Waals surface area (Å²) in [4.78, 5) is 41.0. The lowest BCUT2D eigenvalue weighted by Crippen LogP contribution is -2.34. The topological polar surface area (TPSA) is 88.9 Å². The predicted octanol–water partition coefficient (Wildman–Crippen LogP) is 2.92. The molecule has 2 heterocycles. The van der Waals surface area contributed by atoms with Crippen molar-refractivity contribution in [1.82, 2.24) is 14.1 Å². The van der Waals surface area contributed by atoms with Crippen molar-refractivity contribution in [1.29, 1.82) is 0 Å². The summed E-state index contributed by atoms with van der Waals surface area (Å²) in [5, 5.41) is 3.25. The zero-order valence-electron chi connectivity index (χ0n) is 14.8. The fourth-order valence-electron chi connectivity index (χ4n) is 3.09. The van der Waals surface area contributed by atoms with Crippen LogP contribution in [0.25, 0.3) is 16.7 Å². The number of carbonyl (C=O) groups excluding carboxylic acids is 1. The first kappa shape index (κ1) is 17.8. The zero-order chi connectivity index (χ0) is 19.8. The van der Waals surface area contributed by atoms with E-state index >= 15 is 0 Å². The quantitative estimate of drug-likeness (QED) is 0.560. The summed E-state index contributed by atoms with van der Waals surface area (Å²) >= 11 is 5.88. The summed E-state index contributed by atoms with van der Waals surface area (Å²) in [6.07, 6.45) is 1.52. The van der Waals surface area contributed by atoms with Gasteiger partial charge >= 0.3 is 5.69 Å². The van der Waals surface area contributed by atoms with E-state index in [0.717, 1.165) is 4.57 Å². The van der Waals surface area contributed by atoms with Crippen molar-refractivity contribution in [3.63, 3.8) is 0 Å². The van der Waals surface area contributed by atoms with Gasteiger partial charge in [0, 0.05) is 24.0 Å². The molecule has 8 heteroatoms. The number of aryl methyl sites for hydroxylation is 1. The van der Waals surface area contributed by atoms with Crippen molar-refractivity contribution < 1.29 is 4.79 Å². The molecule has 0 saturated carbocycles. The van der Waals surface area contributed by atoms with Crippen molar-refractivity contribution in [3.05, 3.63) is 92.2 Å². The van der Waals surface area contributed by atoms with Gasteiger partial charge in [0.15, 0.2) is 0 Å². The molecule has 2 N–H and O–H groups in total. The first-order chi connectivity index (χ1) is 13.5. The van der Waals surface area contributed by atoms with Crippen LogP contribution in [0.3, 0.4) is 0 Å². The van der Waals surface area contributed by atoms with Crippen molar-refractivity contribution in [2.45, 2.75) is 0 Å². The Hall–Kier alpha value is -3.58. The summed E-state index contributed by atoms with van der Waals surface area (Å²) in [6, 6.07) is 15.3. The van der Waals surface area contributed by atoms with Crippen LogP contribution in [0.1, 0.15) is 10.4 Å². The highest BCUT2D eigenvalue weighted by atomic mass is 35.5. The number of aromatic nitrogens is 3. The minimum Gasteiger partial charge on any atom is -0.344 e. The molecule has 28 heavy (non-hydrogen) atoms. The Morgan fingerprint density at radius 3 is 2.39 bits per heavy atom. The third-order valence-corrected chi connectivity index (χ3v) is 4.64. The molecule has 0 radical (unpaired) electrons. The lowest BCUT2D eigenvalue weighted by molar-refractivity contribution is 0.102. The van der Waals surface area contributed by atoms with Crippen molar-refractivity contribution in [3.8, 4) is 5.69 Å². The van der Waals surface area contributed by atoms with Gasteiger partial charge in [-0.3, -0.25) is 9.59 Å². The number of aromatic amines is 1. The van der Waals surface area contributed by atoms with Crippen LogP contribution in [0.4, 0.5) is 5.69 Å². The highest BCUT2D eigenvalue weighted by Crippen LogP contribution is 2.18. The third kappa shape index (κ3) is 3.01. The molecule has 0 unspecified atom stereocenters. The van der Waals surface area contributed by atoms with Gasteiger partial charge < -0.3 is 14.9 Å². The number of rotatable bonds is 3. The van der Waals surface area contributed by atoms with Gasteiger partial charge in [0.05, 0.1) is 16.8 Å². The molecule has 0 aliphatic heterocycles. The van der Waals surface area contributed by atoms with Crippen LogP contribution in [0.5, 0.6) is 0 Å². The van der Waals surface area contributed by atoms with Gasteiger partial charge in [-0.1, -0.05) is 29.8 Å². The van der Waals surface area contributed by atoms with E-state index in [-0.39, 0.29) is 16.6 Å². The first-order valence-electron chi connectivity index (χ1n) is 8.42. The number of carbonyl (C=O) groups is 1. The number of amides is 1. The molecular formula is C20H15ClN4O3. The maximum atomic E-state index is 13.0. The molecule has 7 nitrogen and oxygen atoms in total. The zero-order valence-corrected chi connectivity index (χ0v) is 15.5. The van der Waals surface area contributed by atoms with Crippen molar-refractivity contribution in [2.75, 3.05) is 5.32 Å². The normalized spacial score (nSPS) is 10.9. The maximum Gasteiger partial charge on any atom is 0.333 e. The van der Waals surface area contributed by atoms with E-state index in [9.17, 15) is 14.4 Å². The van der Waals surface area contributed by atoms with Gasteiger partial charge in [-0.15, -0.1) is 0 Å². The van der Waals surface area contributed by atoms with Gasteiger partial charge in [0.1, 0.15) is 5.52 Å². The number of benzene rings is 2.